The predicted octanol–water partition coefficient (Wildman–Crippen LogP) is 3.87. The predicted molar refractivity (Wildman–Crippen MR) is 109 cm³/mol. The van der Waals surface area contributed by atoms with E-state index < -0.39 is 5.97 Å². The maximum atomic E-state index is 10.9. The lowest BCUT2D eigenvalue weighted by molar-refractivity contribution is -0.140. The summed E-state index contributed by atoms with van der Waals surface area (Å²) >= 11 is 0. The second-order valence-electron chi connectivity index (χ2n) is 5.75. The Labute approximate surface area is 169 Å². The minimum atomic E-state index is -0.395. The van der Waals surface area contributed by atoms with E-state index in [9.17, 15) is 14.4 Å². The van der Waals surface area contributed by atoms with Gasteiger partial charge in [-0.3, -0.25) is 4.79 Å². The Bertz CT molecular complexity index is 481. The average molecular weight is 401 g/mol. The molecule has 28 heavy (non-hydrogen) atoms. The van der Waals surface area contributed by atoms with Crippen LogP contribution in [0, 0.1) is 0 Å². The Kier molecular flexibility index (Phi) is 24.5. The first-order valence-corrected chi connectivity index (χ1v) is 9.18. The maximum Gasteiger partial charge on any atom is 0.333 e. The van der Waals surface area contributed by atoms with Crippen LogP contribution >= 0.6 is 0 Å². The largest absolute Gasteiger partial charge is 0.462 e. The maximum absolute atomic E-state index is 10.9. The molecule has 0 aromatic carbocycles. The van der Waals surface area contributed by atoms with Gasteiger partial charge in [-0.25, -0.2) is 9.59 Å². The second-order valence-corrected chi connectivity index (χ2v) is 5.75. The van der Waals surface area contributed by atoms with Gasteiger partial charge in [-0.05, 0) is 20.3 Å². The van der Waals surface area contributed by atoms with Crippen LogP contribution in [0.1, 0.15) is 59.8 Å². The highest BCUT2D eigenvalue weighted by Gasteiger charge is 2.01. The Morgan fingerprint density at radius 2 is 1.32 bits per heavy atom. The van der Waals surface area contributed by atoms with E-state index in [1.165, 1.54) is 19.8 Å². The van der Waals surface area contributed by atoms with Crippen molar-refractivity contribution in [1.29, 1.82) is 0 Å². The van der Waals surface area contributed by atoms with Crippen LogP contribution in [0.25, 0.3) is 0 Å². The second kappa shape index (κ2) is 22.6. The molecule has 0 amide bonds. The normalized spacial score (nSPS) is 8.75. The number of ether oxygens (including phenoxy) is 3. The summed E-state index contributed by atoms with van der Waals surface area (Å²) in [6.45, 7) is 17.6. The number of esters is 3. The number of carbonyl (C=O) groups excluding carboxylic acids is 3. The van der Waals surface area contributed by atoms with Crippen molar-refractivity contribution in [3.8, 4) is 0 Å². The third kappa shape index (κ3) is 28.4. The minimum absolute atomic E-state index is 0.0451. The quantitative estimate of drug-likeness (QED) is 0.185. The van der Waals surface area contributed by atoms with Gasteiger partial charge in [0, 0.05) is 31.1 Å². The molecular weight excluding hydrogens is 364 g/mol. The molecule has 0 fully saturated rings. The lowest BCUT2D eigenvalue weighted by Gasteiger charge is -2.02. The van der Waals surface area contributed by atoms with Crippen molar-refractivity contribution in [1.82, 2.24) is 0 Å². The molecule has 0 rings (SSSR count). The molecule has 0 aromatic rings. The molecule has 7 heteroatoms. The van der Waals surface area contributed by atoms with Gasteiger partial charge in [0.05, 0.1) is 19.5 Å². The van der Waals surface area contributed by atoms with Gasteiger partial charge in [0.15, 0.2) is 0 Å². The van der Waals surface area contributed by atoms with E-state index in [2.05, 4.69) is 36.1 Å². The van der Waals surface area contributed by atoms with Crippen LogP contribution in [0.3, 0.4) is 0 Å². The molecule has 0 spiro atoms. The zero-order valence-corrected chi connectivity index (χ0v) is 17.8. The number of hydrogen-bond acceptors (Lipinski definition) is 7. The van der Waals surface area contributed by atoms with Gasteiger partial charge < -0.3 is 19.3 Å². The van der Waals surface area contributed by atoms with Crippen LogP contribution in [-0.2, 0) is 28.6 Å². The van der Waals surface area contributed by atoms with Crippen LogP contribution in [-0.4, -0.2) is 42.8 Å². The topological polar surface area (TPSA) is 99.1 Å². The summed E-state index contributed by atoms with van der Waals surface area (Å²) in [5.41, 5.74) is 0.864. The van der Waals surface area contributed by atoms with Crippen LogP contribution < -0.4 is 0 Å². The first kappa shape index (κ1) is 30.3. The Morgan fingerprint density at radius 1 is 0.857 bits per heavy atom. The average Bonchev–Trinajstić information content (AvgIpc) is 2.62. The third-order valence-corrected chi connectivity index (χ3v) is 2.71. The fraction of sp³-hybridized carbons (Fsp3) is 0.571. The van der Waals surface area contributed by atoms with E-state index >= 15 is 0 Å². The molecule has 0 unspecified atom stereocenters. The molecule has 7 nitrogen and oxygen atoms in total. The summed E-state index contributed by atoms with van der Waals surface area (Å²) < 4.78 is 13.7. The van der Waals surface area contributed by atoms with Crippen molar-refractivity contribution < 1.29 is 33.7 Å². The smallest absolute Gasteiger partial charge is 0.333 e. The van der Waals surface area contributed by atoms with Crippen molar-refractivity contribution in [3.63, 3.8) is 0 Å². The van der Waals surface area contributed by atoms with Crippen molar-refractivity contribution in [3.05, 3.63) is 37.1 Å². The molecule has 0 aliphatic carbocycles. The fourth-order valence-corrected chi connectivity index (χ4v) is 1.29. The molecule has 0 bridgehead atoms. The molecule has 1 N–H and O–H groups in total. The van der Waals surface area contributed by atoms with Crippen LogP contribution in [0.15, 0.2) is 37.1 Å². The van der Waals surface area contributed by atoms with E-state index in [0.29, 0.717) is 24.2 Å². The van der Waals surface area contributed by atoms with Crippen molar-refractivity contribution in [2.45, 2.75) is 59.8 Å². The van der Waals surface area contributed by atoms with Crippen molar-refractivity contribution in [2.24, 2.45) is 0 Å². The van der Waals surface area contributed by atoms with Crippen molar-refractivity contribution in [2.75, 3.05) is 19.8 Å². The zero-order chi connectivity index (χ0) is 22.4. The standard InChI is InChI=1S/C10H18O2.C7H12O3.C4H6O2/c1-4-5-6-7-8-12-10(11)9(2)3;1-6(2)7(9)10-5-3-4-8;1-3-6-4(2)5/h2,4-8H2,1,3H3;8H,1,3-5H2,2H3;3H,1H2,2H3. The highest BCUT2D eigenvalue weighted by Crippen LogP contribution is 2.00. The molecule has 0 saturated heterocycles. The molecule has 162 valence electrons. The first-order valence-electron chi connectivity index (χ1n) is 9.18. The highest BCUT2D eigenvalue weighted by atomic mass is 16.5. The first-order chi connectivity index (χ1) is 13.1. The van der Waals surface area contributed by atoms with Crippen LogP contribution in [0.2, 0.25) is 0 Å². The van der Waals surface area contributed by atoms with Gasteiger partial charge in [0.1, 0.15) is 0 Å². The van der Waals surface area contributed by atoms with E-state index in [-0.39, 0.29) is 25.2 Å². The third-order valence-electron chi connectivity index (χ3n) is 2.71. The molecule has 0 radical (unpaired) electrons. The minimum Gasteiger partial charge on any atom is -0.462 e. The zero-order valence-electron chi connectivity index (χ0n) is 17.8. The molecular formula is C21H36O7. The van der Waals surface area contributed by atoms with Gasteiger partial charge in [-0.15, -0.1) is 0 Å². The fourth-order valence-electron chi connectivity index (χ4n) is 1.29. The van der Waals surface area contributed by atoms with Gasteiger partial charge >= 0.3 is 17.9 Å². The highest BCUT2D eigenvalue weighted by molar-refractivity contribution is 5.87. The number of unbranched alkanes of at least 4 members (excludes halogenated alkanes) is 3. The number of hydrogen-bond donors (Lipinski definition) is 1. The van der Waals surface area contributed by atoms with Crippen molar-refractivity contribution >= 4 is 17.9 Å². The number of aliphatic hydroxyl groups excluding tert-OH is 1. The van der Waals surface area contributed by atoms with Crippen LogP contribution in [0.5, 0.6) is 0 Å². The SMILES string of the molecule is C=C(C)C(=O)OCCCCCC.C=C(C)C(=O)OCCCO.C=COC(C)=O. The molecule has 0 aromatic heterocycles. The van der Waals surface area contributed by atoms with E-state index in [4.69, 9.17) is 9.84 Å². The molecule has 0 aliphatic heterocycles. The van der Waals surface area contributed by atoms with E-state index in [1.54, 1.807) is 13.8 Å². The number of aliphatic hydroxyl groups is 1. The summed E-state index contributed by atoms with van der Waals surface area (Å²) in [5.74, 6) is -0.995. The van der Waals surface area contributed by atoms with E-state index in [0.717, 1.165) is 19.1 Å². The molecule has 0 saturated carbocycles. The van der Waals surface area contributed by atoms with Crippen LogP contribution in [0.4, 0.5) is 0 Å². The number of rotatable bonds is 11. The summed E-state index contributed by atoms with van der Waals surface area (Å²) in [5, 5.41) is 8.30. The Balaban J connectivity index is -0.000000354. The molecule has 0 aliphatic rings. The van der Waals surface area contributed by atoms with Gasteiger partial charge in [-0.2, -0.15) is 0 Å². The van der Waals surface area contributed by atoms with E-state index in [1.807, 2.05) is 0 Å². The summed E-state index contributed by atoms with van der Waals surface area (Å²) in [6.07, 6.45) is 6.10. The van der Waals surface area contributed by atoms with Gasteiger partial charge in [0.25, 0.3) is 0 Å². The summed E-state index contributed by atoms with van der Waals surface area (Å²) in [6, 6.07) is 0. The molecule has 0 heterocycles. The monoisotopic (exact) mass is 400 g/mol. The Hall–Kier alpha value is -2.41. The van der Waals surface area contributed by atoms with Gasteiger partial charge in [-0.1, -0.05) is 45.9 Å². The summed E-state index contributed by atoms with van der Waals surface area (Å²) in [4.78, 5) is 31.2. The molecule has 0 atom stereocenters. The Morgan fingerprint density at radius 3 is 1.61 bits per heavy atom. The van der Waals surface area contributed by atoms with Gasteiger partial charge in [0.2, 0.25) is 0 Å². The summed E-state index contributed by atoms with van der Waals surface area (Å²) in [7, 11) is 0. The number of carbonyl (C=O) groups is 3. The lowest BCUT2D eigenvalue weighted by Crippen LogP contribution is -2.06. The lowest BCUT2D eigenvalue weighted by atomic mass is 10.2.